The molecule has 194 valence electrons. The molecule has 7 N–H and O–H groups in total. The van der Waals surface area contributed by atoms with Crippen molar-refractivity contribution in [3.8, 4) is 0 Å². The second-order valence-electron chi connectivity index (χ2n) is 7.71. The van der Waals surface area contributed by atoms with Crippen LogP contribution < -0.4 is 21.7 Å². The highest BCUT2D eigenvalue weighted by Crippen LogP contribution is 2.07. The average molecular weight is 529 g/mol. The van der Waals surface area contributed by atoms with Gasteiger partial charge in [-0.05, 0) is 36.8 Å². The number of nitrogens with two attached hydrogens (primary N) is 1. The fourth-order valence-corrected chi connectivity index (χ4v) is 3.73. The maximum atomic E-state index is 13.0. The molecule has 3 amide bonds. The Morgan fingerprint density at radius 2 is 1.46 bits per heavy atom. The van der Waals surface area contributed by atoms with E-state index in [1.165, 1.54) is 11.8 Å². The smallest absolute Gasteiger partial charge is 0.327 e. The third-order valence-electron chi connectivity index (χ3n) is 4.96. The summed E-state index contributed by atoms with van der Waals surface area (Å²) in [4.78, 5) is 60.6. The number of benzene rings is 1. The fraction of sp³-hybridized carbons (Fsp3) is 0.500. The molecule has 0 saturated heterocycles. The number of carbonyl (C=O) groups excluding carboxylic acids is 3. The van der Waals surface area contributed by atoms with Gasteiger partial charge in [-0.1, -0.05) is 30.3 Å². The summed E-state index contributed by atoms with van der Waals surface area (Å²) in [5, 5.41) is 25.5. The van der Waals surface area contributed by atoms with Gasteiger partial charge in [0.25, 0.3) is 0 Å². The molecule has 11 nitrogen and oxygen atoms in total. The monoisotopic (exact) mass is 528 g/mol. The second-order valence-corrected chi connectivity index (χ2v) is 9.07. The van der Waals surface area contributed by atoms with Crippen molar-refractivity contribution in [2.75, 3.05) is 17.8 Å². The van der Waals surface area contributed by atoms with Crippen molar-refractivity contribution in [3.63, 3.8) is 0 Å². The second kappa shape index (κ2) is 16.0. The SMILES string of the molecule is CSCCC(NC(=O)C(CCC(=O)O)NC(=O)C(N)Cc1ccccc1)C(=O)NC(CS)C(=O)O. The molecule has 0 aromatic heterocycles. The number of carbonyl (C=O) groups is 5. The predicted molar refractivity (Wildman–Crippen MR) is 135 cm³/mol. The number of amides is 3. The van der Waals surface area contributed by atoms with Crippen molar-refractivity contribution in [2.45, 2.75) is 49.9 Å². The Hall–Kier alpha value is -2.77. The topological polar surface area (TPSA) is 188 Å². The molecule has 0 fully saturated rings. The fourth-order valence-electron chi connectivity index (χ4n) is 3.01. The lowest BCUT2D eigenvalue weighted by atomic mass is 10.0. The van der Waals surface area contributed by atoms with Gasteiger partial charge in [-0.15, -0.1) is 0 Å². The molecule has 0 aliphatic heterocycles. The molecule has 35 heavy (non-hydrogen) atoms. The van der Waals surface area contributed by atoms with Crippen LogP contribution in [0.4, 0.5) is 0 Å². The maximum absolute atomic E-state index is 13.0. The molecule has 13 heteroatoms. The summed E-state index contributed by atoms with van der Waals surface area (Å²) in [6.45, 7) is 0. The summed E-state index contributed by atoms with van der Waals surface area (Å²) >= 11 is 5.32. The van der Waals surface area contributed by atoms with Crippen LogP contribution in [0, 0.1) is 0 Å². The molecule has 0 heterocycles. The first kappa shape index (κ1) is 30.3. The van der Waals surface area contributed by atoms with E-state index in [4.69, 9.17) is 15.9 Å². The lowest BCUT2D eigenvalue weighted by Gasteiger charge is -2.25. The normalized spacial score (nSPS) is 14.1. The number of aliphatic carboxylic acids is 2. The molecule has 0 saturated carbocycles. The van der Waals surface area contributed by atoms with Gasteiger partial charge in [-0.25, -0.2) is 4.79 Å². The van der Waals surface area contributed by atoms with E-state index in [1.54, 1.807) is 30.5 Å². The Kier molecular flexibility index (Phi) is 13.8. The van der Waals surface area contributed by atoms with Gasteiger partial charge in [0, 0.05) is 12.2 Å². The van der Waals surface area contributed by atoms with Crippen LogP contribution in [0.25, 0.3) is 0 Å². The molecule has 4 atom stereocenters. The van der Waals surface area contributed by atoms with Crippen molar-refractivity contribution in [2.24, 2.45) is 5.73 Å². The number of nitrogens with one attached hydrogen (secondary N) is 3. The Morgan fingerprint density at radius 3 is 1.97 bits per heavy atom. The van der Waals surface area contributed by atoms with Crippen LogP contribution in [-0.4, -0.2) is 81.8 Å². The molecule has 0 spiro atoms. The quantitative estimate of drug-likeness (QED) is 0.141. The van der Waals surface area contributed by atoms with E-state index in [1.807, 2.05) is 6.07 Å². The average Bonchev–Trinajstić information content (AvgIpc) is 2.82. The van der Waals surface area contributed by atoms with Gasteiger partial charge in [-0.2, -0.15) is 24.4 Å². The van der Waals surface area contributed by atoms with E-state index in [2.05, 4.69) is 28.6 Å². The minimum absolute atomic E-state index is 0.152. The number of thioether (sulfide) groups is 1. The summed E-state index contributed by atoms with van der Waals surface area (Å²) in [7, 11) is 0. The van der Waals surface area contributed by atoms with Gasteiger partial charge in [0.1, 0.15) is 18.1 Å². The lowest BCUT2D eigenvalue weighted by molar-refractivity contribution is -0.141. The van der Waals surface area contributed by atoms with E-state index < -0.39 is 60.2 Å². The Morgan fingerprint density at radius 1 is 0.914 bits per heavy atom. The first-order valence-corrected chi connectivity index (χ1v) is 12.9. The third-order valence-corrected chi connectivity index (χ3v) is 5.96. The zero-order valence-corrected chi connectivity index (χ0v) is 21.0. The van der Waals surface area contributed by atoms with E-state index in [-0.39, 0.29) is 25.0 Å². The highest BCUT2D eigenvalue weighted by molar-refractivity contribution is 7.98. The van der Waals surface area contributed by atoms with E-state index in [0.717, 1.165) is 5.56 Å². The molecule has 0 aliphatic rings. The van der Waals surface area contributed by atoms with Crippen molar-refractivity contribution in [3.05, 3.63) is 35.9 Å². The van der Waals surface area contributed by atoms with Crippen LogP contribution in [0.2, 0.25) is 0 Å². The van der Waals surface area contributed by atoms with E-state index in [0.29, 0.717) is 5.75 Å². The van der Waals surface area contributed by atoms with Gasteiger partial charge in [0.05, 0.1) is 6.04 Å². The Balaban J connectivity index is 2.94. The van der Waals surface area contributed by atoms with Crippen molar-refractivity contribution in [1.29, 1.82) is 0 Å². The molecule has 0 aliphatic carbocycles. The molecule has 1 aromatic carbocycles. The van der Waals surface area contributed by atoms with Crippen LogP contribution >= 0.6 is 24.4 Å². The van der Waals surface area contributed by atoms with E-state index >= 15 is 0 Å². The van der Waals surface area contributed by atoms with Crippen molar-refractivity contribution in [1.82, 2.24) is 16.0 Å². The van der Waals surface area contributed by atoms with E-state index in [9.17, 15) is 24.0 Å². The zero-order chi connectivity index (χ0) is 26.4. The number of hydrogen-bond acceptors (Lipinski definition) is 8. The standard InChI is InChI=1S/C22H32N4O7S2/c1-35-10-9-16(21(31)26-17(12-34)22(32)33)25-20(30)15(7-8-18(27)28)24-19(29)14(23)11-13-5-3-2-4-6-13/h2-6,14-17,34H,7-12,23H2,1H3,(H,24,29)(H,25,30)(H,26,31)(H,27,28)(H,32,33). The van der Waals surface area contributed by atoms with Gasteiger partial charge >= 0.3 is 11.9 Å². The number of hydrogen-bond donors (Lipinski definition) is 7. The number of carboxylic acids is 2. The van der Waals surface area contributed by atoms with Gasteiger partial charge in [0.15, 0.2) is 0 Å². The minimum Gasteiger partial charge on any atom is -0.481 e. The largest absolute Gasteiger partial charge is 0.481 e. The summed E-state index contributed by atoms with van der Waals surface area (Å²) in [5.74, 6) is -4.26. The summed E-state index contributed by atoms with van der Waals surface area (Å²) in [6, 6.07) is 4.41. The van der Waals surface area contributed by atoms with Crippen LogP contribution in [0.1, 0.15) is 24.8 Å². The zero-order valence-electron chi connectivity index (χ0n) is 19.3. The van der Waals surface area contributed by atoms with Crippen LogP contribution in [0.15, 0.2) is 30.3 Å². The molecular formula is C22H32N4O7S2. The summed E-state index contributed by atoms with van der Waals surface area (Å²) < 4.78 is 0. The maximum Gasteiger partial charge on any atom is 0.327 e. The molecule has 4 unspecified atom stereocenters. The Bertz CT molecular complexity index is 873. The first-order chi connectivity index (χ1) is 16.6. The number of thiol groups is 1. The van der Waals surface area contributed by atoms with Crippen LogP contribution in [0.5, 0.6) is 0 Å². The Labute approximate surface area is 213 Å². The van der Waals surface area contributed by atoms with Crippen molar-refractivity contribution >= 4 is 54.1 Å². The highest BCUT2D eigenvalue weighted by Gasteiger charge is 2.30. The molecule has 0 bridgehead atoms. The first-order valence-electron chi connectivity index (χ1n) is 10.8. The summed E-state index contributed by atoms with van der Waals surface area (Å²) in [6.07, 6.45) is 1.56. The van der Waals surface area contributed by atoms with Crippen LogP contribution in [-0.2, 0) is 30.4 Å². The van der Waals surface area contributed by atoms with Gasteiger partial charge in [-0.3, -0.25) is 19.2 Å². The van der Waals surface area contributed by atoms with Crippen LogP contribution in [0.3, 0.4) is 0 Å². The molecule has 1 rings (SSSR count). The minimum atomic E-state index is -1.28. The summed E-state index contributed by atoms with van der Waals surface area (Å²) in [5.41, 5.74) is 6.79. The van der Waals surface area contributed by atoms with Crippen molar-refractivity contribution < 1.29 is 34.2 Å². The van der Waals surface area contributed by atoms with Gasteiger partial charge < -0.3 is 31.9 Å². The lowest BCUT2D eigenvalue weighted by Crippen LogP contribution is -2.57. The third kappa shape index (κ3) is 11.5. The number of carboxylic acid groups (broad SMARTS) is 2. The molecule has 1 aromatic rings. The molecule has 0 radical (unpaired) electrons. The van der Waals surface area contributed by atoms with Gasteiger partial charge in [0.2, 0.25) is 17.7 Å². The highest BCUT2D eigenvalue weighted by atomic mass is 32.2. The number of rotatable bonds is 16. The molecular weight excluding hydrogens is 496 g/mol. The predicted octanol–water partition coefficient (Wildman–Crippen LogP) is -0.357.